The minimum Gasteiger partial charge on any atom is -0.308 e. The summed E-state index contributed by atoms with van der Waals surface area (Å²) in [5.74, 6) is -0.175. The number of aromatic nitrogens is 2. The summed E-state index contributed by atoms with van der Waals surface area (Å²) in [5, 5.41) is 3.94. The van der Waals surface area contributed by atoms with Crippen molar-refractivity contribution < 1.29 is 18.0 Å². The van der Waals surface area contributed by atoms with Gasteiger partial charge in [-0.1, -0.05) is 25.1 Å². The van der Waals surface area contributed by atoms with Gasteiger partial charge in [-0.25, -0.2) is 0 Å². The van der Waals surface area contributed by atoms with Crippen molar-refractivity contribution in [1.82, 2.24) is 9.78 Å². The number of hydrogen-bond donors (Lipinski definition) is 0. The van der Waals surface area contributed by atoms with E-state index in [0.717, 1.165) is 34.2 Å². The number of hydrogen-bond acceptors (Lipinski definition) is 3. The van der Waals surface area contributed by atoms with E-state index in [1.165, 1.54) is 7.05 Å². The Morgan fingerprint density at radius 2 is 1.89 bits per heavy atom. The summed E-state index contributed by atoms with van der Waals surface area (Å²) < 4.78 is 39.7. The number of benzene rings is 1. The number of thiophene rings is 1. The SMILES string of the molecule is CCCN(C(=O)c1ccc(-c2cc(C(F)(F)F)n(C)n2)s1)c1ccccc1. The van der Waals surface area contributed by atoms with E-state index < -0.39 is 11.9 Å². The lowest BCUT2D eigenvalue weighted by molar-refractivity contribution is -0.143. The van der Waals surface area contributed by atoms with Crippen LogP contribution in [0.4, 0.5) is 18.9 Å². The summed E-state index contributed by atoms with van der Waals surface area (Å²) in [6, 6.07) is 13.6. The van der Waals surface area contributed by atoms with E-state index in [1.54, 1.807) is 17.0 Å². The number of aryl methyl sites for hydroxylation is 1. The number of nitrogens with zero attached hydrogens (tertiary/aromatic N) is 3. The summed E-state index contributed by atoms with van der Waals surface area (Å²) in [6.07, 6.45) is -3.69. The predicted molar refractivity (Wildman–Crippen MR) is 99.9 cm³/mol. The monoisotopic (exact) mass is 393 g/mol. The highest BCUT2D eigenvalue weighted by molar-refractivity contribution is 7.17. The molecule has 3 rings (SSSR count). The molecule has 0 atom stereocenters. The van der Waals surface area contributed by atoms with Gasteiger partial charge in [0, 0.05) is 19.3 Å². The molecule has 0 saturated carbocycles. The summed E-state index contributed by atoms with van der Waals surface area (Å²) >= 11 is 1.14. The molecule has 0 aliphatic rings. The van der Waals surface area contributed by atoms with Crippen molar-refractivity contribution in [2.45, 2.75) is 19.5 Å². The first-order valence-corrected chi connectivity index (χ1v) is 9.21. The molecule has 0 radical (unpaired) electrons. The number of carbonyl (C=O) groups excluding carboxylic acids is 1. The zero-order chi connectivity index (χ0) is 19.6. The minimum absolute atomic E-state index is 0.175. The molecule has 2 heterocycles. The first kappa shape index (κ1) is 19.2. The van der Waals surface area contributed by atoms with Crippen LogP contribution in [0, 0.1) is 0 Å². The average molecular weight is 393 g/mol. The molecule has 0 aliphatic heterocycles. The van der Waals surface area contributed by atoms with Gasteiger partial charge in [0.2, 0.25) is 0 Å². The number of rotatable bonds is 5. The molecule has 8 heteroatoms. The van der Waals surface area contributed by atoms with Gasteiger partial charge in [0.25, 0.3) is 5.91 Å². The molecular formula is C19H18F3N3OS. The van der Waals surface area contributed by atoms with E-state index >= 15 is 0 Å². The first-order chi connectivity index (χ1) is 12.8. The molecule has 2 aromatic heterocycles. The maximum Gasteiger partial charge on any atom is 0.433 e. The normalized spacial score (nSPS) is 11.6. The Balaban J connectivity index is 1.90. The fourth-order valence-corrected chi connectivity index (χ4v) is 3.67. The van der Waals surface area contributed by atoms with Crippen LogP contribution in [0.1, 0.15) is 28.7 Å². The molecular weight excluding hydrogens is 375 g/mol. The van der Waals surface area contributed by atoms with Crippen LogP contribution in [-0.2, 0) is 13.2 Å². The van der Waals surface area contributed by atoms with Gasteiger partial charge in [-0.3, -0.25) is 9.48 Å². The van der Waals surface area contributed by atoms with E-state index in [0.29, 0.717) is 16.3 Å². The van der Waals surface area contributed by atoms with Crippen LogP contribution in [-0.4, -0.2) is 22.2 Å². The lowest BCUT2D eigenvalue weighted by Crippen LogP contribution is -2.30. The smallest absolute Gasteiger partial charge is 0.308 e. The largest absolute Gasteiger partial charge is 0.433 e. The lowest BCUT2D eigenvalue weighted by atomic mass is 10.2. The van der Waals surface area contributed by atoms with Gasteiger partial charge in [-0.2, -0.15) is 18.3 Å². The number of alkyl halides is 3. The fraction of sp³-hybridized carbons (Fsp3) is 0.263. The molecule has 0 saturated heterocycles. The highest BCUT2D eigenvalue weighted by Gasteiger charge is 2.35. The Morgan fingerprint density at radius 3 is 2.48 bits per heavy atom. The van der Waals surface area contributed by atoms with Gasteiger partial charge in [0.15, 0.2) is 0 Å². The third kappa shape index (κ3) is 4.05. The summed E-state index contributed by atoms with van der Waals surface area (Å²) in [6.45, 7) is 2.54. The molecule has 0 unspecified atom stereocenters. The van der Waals surface area contributed by atoms with E-state index in [2.05, 4.69) is 5.10 Å². The van der Waals surface area contributed by atoms with Crippen molar-refractivity contribution in [2.75, 3.05) is 11.4 Å². The minimum atomic E-state index is -4.47. The van der Waals surface area contributed by atoms with Crippen LogP contribution in [0.5, 0.6) is 0 Å². The third-order valence-electron chi connectivity index (χ3n) is 4.00. The molecule has 3 aromatic rings. The second kappa shape index (κ2) is 7.56. The van der Waals surface area contributed by atoms with Gasteiger partial charge < -0.3 is 4.90 Å². The quantitative estimate of drug-likeness (QED) is 0.596. The van der Waals surface area contributed by atoms with Crippen LogP contribution < -0.4 is 4.90 Å². The lowest BCUT2D eigenvalue weighted by Gasteiger charge is -2.21. The topological polar surface area (TPSA) is 38.1 Å². The van der Waals surface area contributed by atoms with Crippen LogP contribution in [0.15, 0.2) is 48.5 Å². The van der Waals surface area contributed by atoms with Crippen molar-refractivity contribution in [1.29, 1.82) is 0 Å². The van der Waals surface area contributed by atoms with Gasteiger partial charge in [0.1, 0.15) is 11.4 Å². The molecule has 0 aliphatic carbocycles. The Hall–Kier alpha value is -2.61. The maximum atomic E-state index is 13.0. The zero-order valence-corrected chi connectivity index (χ0v) is 15.6. The van der Waals surface area contributed by atoms with E-state index in [1.807, 2.05) is 37.3 Å². The van der Waals surface area contributed by atoms with Gasteiger partial charge in [-0.15, -0.1) is 11.3 Å². The molecule has 0 bridgehead atoms. The van der Waals surface area contributed by atoms with Gasteiger partial charge >= 0.3 is 6.18 Å². The molecule has 0 spiro atoms. The number of amides is 1. The Morgan fingerprint density at radius 1 is 1.19 bits per heavy atom. The van der Waals surface area contributed by atoms with E-state index in [9.17, 15) is 18.0 Å². The van der Waals surface area contributed by atoms with Crippen molar-refractivity contribution in [2.24, 2.45) is 7.05 Å². The highest BCUT2D eigenvalue weighted by atomic mass is 32.1. The van der Waals surface area contributed by atoms with Crippen molar-refractivity contribution in [3.63, 3.8) is 0 Å². The van der Waals surface area contributed by atoms with Gasteiger partial charge in [0.05, 0.1) is 9.75 Å². The van der Waals surface area contributed by atoms with Crippen LogP contribution in [0.2, 0.25) is 0 Å². The summed E-state index contributed by atoms with van der Waals surface area (Å²) in [4.78, 5) is 15.6. The number of carbonyl (C=O) groups is 1. The standard InChI is InChI=1S/C19H18F3N3OS/c1-3-11-25(13-7-5-4-6-8-13)18(26)16-10-9-15(27-16)14-12-17(19(20,21)22)24(2)23-14/h4-10,12H,3,11H2,1-2H3. The molecule has 4 nitrogen and oxygen atoms in total. The Kier molecular flexibility index (Phi) is 5.36. The van der Waals surface area contributed by atoms with Crippen molar-refractivity contribution in [3.05, 3.63) is 59.1 Å². The van der Waals surface area contributed by atoms with Gasteiger partial charge in [-0.05, 0) is 36.8 Å². The molecule has 1 aromatic carbocycles. The first-order valence-electron chi connectivity index (χ1n) is 8.39. The average Bonchev–Trinajstić information content (AvgIpc) is 3.26. The number of halogens is 3. The van der Waals surface area contributed by atoms with E-state index in [4.69, 9.17) is 0 Å². The van der Waals surface area contributed by atoms with Crippen molar-refractivity contribution in [3.8, 4) is 10.6 Å². The van der Waals surface area contributed by atoms with Crippen LogP contribution in [0.25, 0.3) is 10.6 Å². The van der Waals surface area contributed by atoms with E-state index in [-0.39, 0.29) is 11.6 Å². The second-order valence-corrected chi connectivity index (χ2v) is 7.08. The molecule has 0 fully saturated rings. The zero-order valence-electron chi connectivity index (χ0n) is 14.8. The third-order valence-corrected chi connectivity index (χ3v) is 5.10. The van der Waals surface area contributed by atoms with Crippen molar-refractivity contribution >= 4 is 22.9 Å². The molecule has 0 N–H and O–H groups in total. The maximum absolute atomic E-state index is 13.0. The molecule has 27 heavy (non-hydrogen) atoms. The molecule has 142 valence electrons. The second-order valence-electron chi connectivity index (χ2n) is 5.99. The summed E-state index contributed by atoms with van der Waals surface area (Å²) in [5.41, 5.74) is 0.169. The fourth-order valence-electron chi connectivity index (χ4n) is 2.76. The number of anilines is 1. The van der Waals surface area contributed by atoms with Crippen LogP contribution in [0.3, 0.4) is 0 Å². The Bertz CT molecular complexity index is 931. The molecule has 1 amide bonds. The Labute approximate surface area is 158 Å². The van der Waals surface area contributed by atoms with Crippen LogP contribution >= 0.6 is 11.3 Å². The predicted octanol–water partition coefficient (Wildman–Crippen LogP) is 5.22. The highest BCUT2D eigenvalue weighted by Crippen LogP contribution is 2.34. The number of para-hydroxylation sites is 1. The summed E-state index contributed by atoms with van der Waals surface area (Å²) in [7, 11) is 1.25.